The van der Waals surface area contributed by atoms with Crippen molar-refractivity contribution in [3.63, 3.8) is 0 Å². The predicted molar refractivity (Wildman–Crippen MR) is 129 cm³/mol. The molecule has 2 aromatic rings. The van der Waals surface area contributed by atoms with E-state index in [1.165, 1.54) is 5.56 Å². The molecule has 1 saturated heterocycles. The molecule has 6 heteroatoms. The topological polar surface area (TPSA) is 50.0 Å². The standard InChI is InChI=1S/C23H33N3O2.HI/c1-3-19(2)25-23(24-13-11-22-10-7-15-28-22)26-14-12-21(16-26)18-27-17-20-8-5-4-6-9-20;/h4-10,15,19,21H,3,11-14,16-18H2,1-2H3,(H,24,25);1H. The molecule has 1 fully saturated rings. The van der Waals surface area contributed by atoms with Crippen LogP contribution in [0.5, 0.6) is 0 Å². The maximum atomic E-state index is 5.96. The molecule has 0 amide bonds. The van der Waals surface area contributed by atoms with Crippen LogP contribution in [0.2, 0.25) is 0 Å². The van der Waals surface area contributed by atoms with E-state index >= 15 is 0 Å². The Morgan fingerprint density at radius 2 is 2.10 bits per heavy atom. The molecule has 0 spiro atoms. The van der Waals surface area contributed by atoms with Gasteiger partial charge in [0.1, 0.15) is 5.76 Å². The van der Waals surface area contributed by atoms with Gasteiger partial charge >= 0.3 is 0 Å². The third-order valence-electron chi connectivity index (χ3n) is 5.24. The molecule has 160 valence electrons. The van der Waals surface area contributed by atoms with Gasteiger partial charge in [-0.05, 0) is 37.5 Å². The van der Waals surface area contributed by atoms with E-state index in [4.69, 9.17) is 14.1 Å². The van der Waals surface area contributed by atoms with E-state index in [1.54, 1.807) is 6.26 Å². The molecule has 1 aromatic heterocycles. The van der Waals surface area contributed by atoms with Crippen LogP contribution in [0.3, 0.4) is 0 Å². The number of nitrogens with one attached hydrogen (secondary N) is 1. The second-order valence-electron chi connectivity index (χ2n) is 7.59. The van der Waals surface area contributed by atoms with Crippen molar-refractivity contribution in [2.24, 2.45) is 10.9 Å². The van der Waals surface area contributed by atoms with E-state index in [1.807, 2.05) is 18.2 Å². The van der Waals surface area contributed by atoms with Gasteiger partial charge in [-0.3, -0.25) is 4.99 Å². The van der Waals surface area contributed by atoms with Gasteiger partial charge in [0, 0.05) is 38.0 Å². The van der Waals surface area contributed by atoms with Crippen molar-refractivity contribution in [2.75, 3.05) is 26.2 Å². The lowest BCUT2D eigenvalue weighted by Crippen LogP contribution is -2.44. The summed E-state index contributed by atoms with van der Waals surface area (Å²) in [5.74, 6) is 2.56. The average molecular weight is 511 g/mol. The van der Waals surface area contributed by atoms with Crippen molar-refractivity contribution in [1.29, 1.82) is 0 Å². The minimum atomic E-state index is 0. The Kier molecular flexibility index (Phi) is 10.6. The first kappa shape index (κ1) is 23.7. The highest BCUT2D eigenvalue weighted by molar-refractivity contribution is 14.0. The van der Waals surface area contributed by atoms with Crippen molar-refractivity contribution >= 4 is 29.9 Å². The number of guanidine groups is 1. The fraction of sp³-hybridized carbons (Fsp3) is 0.522. The number of ether oxygens (including phenoxy) is 1. The molecule has 0 radical (unpaired) electrons. The molecule has 0 bridgehead atoms. The lowest BCUT2D eigenvalue weighted by molar-refractivity contribution is 0.0906. The summed E-state index contributed by atoms with van der Waals surface area (Å²) in [6.07, 6.45) is 4.77. The lowest BCUT2D eigenvalue weighted by Gasteiger charge is -2.25. The van der Waals surface area contributed by atoms with Crippen LogP contribution in [-0.2, 0) is 17.8 Å². The summed E-state index contributed by atoms with van der Waals surface area (Å²) in [4.78, 5) is 7.24. The molecule has 1 aliphatic rings. The van der Waals surface area contributed by atoms with E-state index in [0.717, 1.165) is 57.2 Å². The van der Waals surface area contributed by atoms with Gasteiger partial charge in [-0.2, -0.15) is 0 Å². The first-order chi connectivity index (χ1) is 13.7. The van der Waals surface area contributed by atoms with E-state index in [9.17, 15) is 0 Å². The zero-order valence-electron chi connectivity index (χ0n) is 17.5. The van der Waals surface area contributed by atoms with Gasteiger partial charge in [0.2, 0.25) is 0 Å². The molecule has 29 heavy (non-hydrogen) atoms. The van der Waals surface area contributed by atoms with Crippen LogP contribution in [0.4, 0.5) is 0 Å². The summed E-state index contributed by atoms with van der Waals surface area (Å²) < 4.78 is 11.4. The summed E-state index contributed by atoms with van der Waals surface area (Å²) in [6.45, 7) is 8.65. The molecule has 0 aliphatic carbocycles. The molecular weight excluding hydrogens is 477 g/mol. The Morgan fingerprint density at radius 3 is 2.83 bits per heavy atom. The smallest absolute Gasteiger partial charge is 0.194 e. The normalized spacial score (nSPS) is 17.8. The van der Waals surface area contributed by atoms with Crippen LogP contribution in [-0.4, -0.2) is 43.1 Å². The highest BCUT2D eigenvalue weighted by Crippen LogP contribution is 2.18. The molecule has 5 nitrogen and oxygen atoms in total. The van der Waals surface area contributed by atoms with Crippen molar-refractivity contribution < 1.29 is 9.15 Å². The molecule has 2 unspecified atom stereocenters. The molecular formula is C23H34IN3O2. The fourth-order valence-electron chi connectivity index (χ4n) is 3.36. The fourth-order valence-corrected chi connectivity index (χ4v) is 3.36. The number of nitrogens with zero attached hydrogens (tertiary/aromatic N) is 2. The predicted octanol–water partition coefficient (Wildman–Crippen LogP) is 4.72. The summed E-state index contributed by atoms with van der Waals surface area (Å²) >= 11 is 0. The van der Waals surface area contributed by atoms with Crippen molar-refractivity contribution in [1.82, 2.24) is 10.2 Å². The number of aliphatic imine (C=N–C) groups is 1. The molecule has 0 saturated carbocycles. The Morgan fingerprint density at radius 1 is 1.28 bits per heavy atom. The van der Waals surface area contributed by atoms with E-state index < -0.39 is 0 Å². The van der Waals surface area contributed by atoms with Crippen molar-refractivity contribution in [2.45, 2.75) is 45.8 Å². The second-order valence-corrected chi connectivity index (χ2v) is 7.59. The number of hydrogen-bond donors (Lipinski definition) is 1. The minimum absolute atomic E-state index is 0. The molecule has 1 aliphatic heterocycles. The molecule has 2 atom stereocenters. The number of rotatable bonds is 9. The molecule has 2 heterocycles. The third-order valence-corrected chi connectivity index (χ3v) is 5.24. The van der Waals surface area contributed by atoms with Gasteiger partial charge in [0.05, 0.1) is 19.5 Å². The Labute approximate surface area is 191 Å². The average Bonchev–Trinajstić information content (AvgIpc) is 3.40. The number of furan rings is 1. The van der Waals surface area contributed by atoms with Crippen LogP contribution in [0.15, 0.2) is 58.1 Å². The van der Waals surface area contributed by atoms with E-state index in [2.05, 4.69) is 48.3 Å². The van der Waals surface area contributed by atoms with Gasteiger partial charge in [0.25, 0.3) is 0 Å². The molecule has 3 rings (SSSR count). The van der Waals surface area contributed by atoms with Gasteiger partial charge in [-0.1, -0.05) is 37.3 Å². The summed E-state index contributed by atoms with van der Waals surface area (Å²) in [5.41, 5.74) is 1.23. The zero-order valence-corrected chi connectivity index (χ0v) is 19.9. The first-order valence-corrected chi connectivity index (χ1v) is 10.4. The van der Waals surface area contributed by atoms with Crippen molar-refractivity contribution in [3.05, 3.63) is 60.1 Å². The van der Waals surface area contributed by atoms with Crippen molar-refractivity contribution in [3.8, 4) is 0 Å². The Hall–Kier alpha value is -1.54. The third kappa shape index (κ3) is 8.01. The lowest BCUT2D eigenvalue weighted by atomic mass is 10.1. The first-order valence-electron chi connectivity index (χ1n) is 10.4. The van der Waals surface area contributed by atoms with Gasteiger partial charge in [0.15, 0.2) is 5.96 Å². The highest BCUT2D eigenvalue weighted by Gasteiger charge is 2.25. The van der Waals surface area contributed by atoms with Crippen LogP contribution in [0.25, 0.3) is 0 Å². The Bertz CT molecular complexity index is 706. The van der Waals surface area contributed by atoms with E-state index in [-0.39, 0.29) is 24.0 Å². The van der Waals surface area contributed by atoms with Crippen LogP contribution >= 0.6 is 24.0 Å². The maximum absolute atomic E-state index is 5.96. The zero-order chi connectivity index (χ0) is 19.6. The largest absolute Gasteiger partial charge is 0.469 e. The summed E-state index contributed by atoms with van der Waals surface area (Å²) in [6, 6.07) is 14.7. The highest BCUT2D eigenvalue weighted by atomic mass is 127. The maximum Gasteiger partial charge on any atom is 0.194 e. The summed E-state index contributed by atoms with van der Waals surface area (Å²) in [7, 11) is 0. The molecule has 1 N–H and O–H groups in total. The molecule has 1 aromatic carbocycles. The quantitative estimate of drug-likeness (QED) is 0.301. The number of hydrogen-bond acceptors (Lipinski definition) is 3. The minimum Gasteiger partial charge on any atom is -0.469 e. The second kappa shape index (κ2) is 12.9. The van der Waals surface area contributed by atoms with Gasteiger partial charge in [-0.25, -0.2) is 0 Å². The van der Waals surface area contributed by atoms with Crippen LogP contribution in [0.1, 0.15) is 38.0 Å². The van der Waals surface area contributed by atoms with E-state index in [0.29, 0.717) is 18.6 Å². The SMILES string of the molecule is CCC(C)NC(=NCCc1ccco1)N1CCC(COCc2ccccc2)C1.I. The van der Waals surface area contributed by atoms with Crippen LogP contribution < -0.4 is 5.32 Å². The van der Waals surface area contributed by atoms with Gasteiger partial charge < -0.3 is 19.4 Å². The van der Waals surface area contributed by atoms with Gasteiger partial charge in [-0.15, -0.1) is 24.0 Å². The summed E-state index contributed by atoms with van der Waals surface area (Å²) in [5, 5.41) is 3.60. The van der Waals surface area contributed by atoms with Crippen LogP contribution in [0, 0.1) is 5.92 Å². The Balaban J connectivity index is 0.00000300. The number of benzene rings is 1. The monoisotopic (exact) mass is 511 g/mol. The number of halogens is 1. The number of likely N-dealkylation sites (tertiary alicyclic amines) is 1.